The minimum absolute atomic E-state index is 0.0702. The number of rotatable bonds is 3. The quantitative estimate of drug-likeness (QED) is 0.912. The Labute approximate surface area is 158 Å². The fourth-order valence-corrected chi connectivity index (χ4v) is 4.04. The molecular weight excluding hydrogens is 340 g/mol. The molecule has 1 saturated heterocycles. The maximum Gasteiger partial charge on any atom is 0.253 e. The smallest absolute Gasteiger partial charge is 0.253 e. The van der Waals surface area contributed by atoms with Gasteiger partial charge in [-0.1, -0.05) is 30.3 Å². The number of nitrogens with zero attached hydrogens (tertiary/aromatic N) is 1. The molecule has 0 saturated carbocycles. The van der Waals surface area contributed by atoms with Crippen LogP contribution >= 0.6 is 0 Å². The van der Waals surface area contributed by atoms with Crippen molar-refractivity contribution in [3.8, 4) is 11.1 Å². The van der Waals surface area contributed by atoms with Crippen molar-refractivity contribution in [2.24, 2.45) is 11.7 Å². The van der Waals surface area contributed by atoms with E-state index in [4.69, 9.17) is 5.73 Å². The molecule has 0 spiro atoms. The number of ketones is 1. The number of fused-ring (bicyclic) bond motifs is 1. The summed E-state index contributed by atoms with van der Waals surface area (Å²) >= 11 is 0. The maximum atomic E-state index is 12.9. The molecule has 5 nitrogen and oxygen atoms in total. The minimum atomic E-state index is -0.339. The second-order valence-corrected chi connectivity index (χ2v) is 7.37. The van der Waals surface area contributed by atoms with Gasteiger partial charge in [-0.05, 0) is 48.1 Å². The van der Waals surface area contributed by atoms with E-state index in [1.54, 1.807) is 11.0 Å². The first-order valence-corrected chi connectivity index (χ1v) is 9.38. The number of likely N-dealkylation sites (tertiary alicyclic amines) is 1. The molecular formula is C22H22N2O3. The third-order valence-corrected chi connectivity index (χ3v) is 5.58. The summed E-state index contributed by atoms with van der Waals surface area (Å²) in [5, 5.41) is 0. The molecule has 2 aromatic carbocycles. The van der Waals surface area contributed by atoms with Crippen LogP contribution in [0.25, 0.3) is 11.1 Å². The van der Waals surface area contributed by atoms with Crippen molar-refractivity contribution in [2.45, 2.75) is 25.7 Å². The van der Waals surface area contributed by atoms with Crippen molar-refractivity contribution in [3.05, 3.63) is 59.2 Å². The highest BCUT2D eigenvalue weighted by Gasteiger charge is 2.27. The highest BCUT2D eigenvalue weighted by molar-refractivity contribution is 6.01. The predicted molar refractivity (Wildman–Crippen MR) is 102 cm³/mol. The number of primary amides is 1. The Morgan fingerprint density at radius 2 is 1.85 bits per heavy atom. The third-order valence-electron chi connectivity index (χ3n) is 5.58. The standard InChI is InChI=1S/C22H22N2O3/c23-21(26)18-5-2-10-24(13-18)22(27)17-4-1-3-14(12-17)15-6-8-19-16(11-15)7-9-20(19)25/h1,3-4,6,8,11-12,18H,2,5,7,9-10,13H2,(H2,23,26)/t18-/m1/s1. The highest BCUT2D eigenvalue weighted by atomic mass is 16.2. The van der Waals surface area contributed by atoms with Gasteiger partial charge >= 0.3 is 0 Å². The molecule has 138 valence electrons. The second kappa shape index (κ2) is 6.99. The van der Waals surface area contributed by atoms with Gasteiger partial charge in [0.15, 0.2) is 5.78 Å². The van der Waals surface area contributed by atoms with E-state index < -0.39 is 0 Å². The fraction of sp³-hybridized carbons (Fsp3) is 0.318. The molecule has 0 radical (unpaired) electrons. The number of carbonyl (C=O) groups excluding carboxylic acids is 3. The van der Waals surface area contributed by atoms with Crippen molar-refractivity contribution >= 4 is 17.6 Å². The van der Waals surface area contributed by atoms with Crippen LogP contribution in [0.4, 0.5) is 0 Å². The number of hydrogen-bond acceptors (Lipinski definition) is 3. The second-order valence-electron chi connectivity index (χ2n) is 7.37. The van der Waals surface area contributed by atoms with Gasteiger partial charge in [0.1, 0.15) is 0 Å². The van der Waals surface area contributed by atoms with Crippen molar-refractivity contribution in [3.63, 3.8) is 0 Å². The average Bonchev–Trinajstić information content (AvgIpc) is 3.08. The number of piperidine rings is 1. The van der Waals surface area contributed by atoms with Gasteiger partial charge in [-0.25, -0.2) is 0 Å². The van der Waals surface area contributed by atoms with E-state index >= 15 is 0 Å². The van der Waals surface area contributed by atoms with Crippen LogP contribution in [-0.2, 0) is 11.2 Å². The van der Waals surface area contributed by atoms with Crippen LogP contribution in [0.5, 0.6) is 0 Å². The summed E-state index contributed by atoms with van der Waals surface area (Å²) < 4.78 is 0. The summed E-state index contributed by atoms with van der Waals surface area (Å²) in [4.78, 5) is 37.9. The zero-order valence-corrected chi connectivity index (χ0v) is 15.1. The monoisotopic (exact) mass is 362 g/mol. The first kappa shape index (κ1) is 17.5. The lowest BCUT2D eigenvalue weighted by Crippen LogP contribution is -2.44. The molecule has 1 aliphatic heterocycles. The average molecular weight is 362 g/mol. The Kier molecular flexibility index (Phi) is 4.52. The molecule has 27 heavy (non-hydrogen) atoms. The molecule has 0 unspecified atom stereocenters. The lowest BCUT2D eigenvalue weighted by Gasteiger charge is -2.31. The van der Waals surface area contributed by atoms with E-state index in [-0.39, 0.29) is 23.5 Å². The van der Waals surface area contributed by atoms with Gasteiger partial charge in [-0.15, -0.1) is 0 Å². The van der Waals surface area contributed by atoms with E-state index in [1.807, 2.05) is 36.4 Å². The van der Waals surface area contributed by atoms with Crippen LogP contribution < -0.4 is 5.73 Å². The zero-order chi connectivity index (χ0) is 19.0. The molecule has 1 heterocycles. The summed E-state index contributed by atoms with van der Waals surface area (Å²) in [6.07, 6.45) is 2.89. The molecule has 2 N–H and O–H groups in total. The summed E-state index contributed by atoms with van der Waals surface area (Å²) in [6, 6.07) is 13.4. The molecule has 2 amide bonds. The van der Waals surface area contributed by atoms with Gasteiger partial charge in [-0.3, -0.25) is 14.4 Å². The number of benzene rings is 2. The number of Topliss-reactive ketones (excluding diaryl/α,β-unsaturated/α-hetero) is 1. The Morgan fingerprint density at radius 3 is 2.67 bits per heavy atom. The molecule has 2 aliphatic rings. The largest absolute Gasteiger partial charge is 0.369 e. The summed E-state index contributed by atoms with van der Waals surface area (Å²) in [7, 11) is 0. The fourth-order valence-electron chi connectivity index (χ4n) is 4.04. The van der Waals surface area contributed by atoms with Crippen molar-refractivity contribution in [1.29, 1.82) is 0 Å². The third kappa shape index (κ3) is 3.37. The van der Waals surface area contributed by atoms with E-state index in [9.17, 15) is 14.4 Å². The van der Waals surface area contributed by atoms with Crippen molar-refractivity contribution in [2.75, 3.05) is 13.1 Å². The minimum Gasteiger partial charge on any atom is -0.369 e. The number of aryl methyl sites for hydroxylation is 1. The first-order chi connectivity index (χ1) is 13.0. The molecule has 4 rings (SSSR count). The number of nitrogens with two attached hydrogens (primary N) is 1. The van der Waals surface area contributed by atoms with Crippen LogP contribution in [0, 0.1) is 5.92 Å². The summed E-state index contributed by atoms with van der Waals surface area (Å²) in [6.45, 7) is 1.03. The van der Waals surface area contributed by atoms with E-state index in [1.165, 1.54) is 0 Å². The molecule has 1 fully saturated rings. The lowest BCUT2D eigenvalue weighted by atomic mass is 9.96. The van der Waals surface area contributed by atoms with Gasteiger partial charge in [0.2, 0.25) is 5.91 Å². The molecule has 2 aromatic rings. The molecule has 5 heteroatoms. The van der Waals surface area contributed by atoms with Crippen LogP contribution in [0.15, 0.2) is 42.5 Å². The number of amides is 2. The Bertz CT molecular complexity index is 935. The number of hydrogen-bond donors (Lipinski definition) is 1. The highest BCUT2D eigenvalue weighted by Crippen LogP contribution is 2.29. The van der Waals surface area contributed by atoms with E-state index in [0.29, 0.717) is 25.1 Å². The number of carbonyl (C=O) groups is 3. The normalized spacial score (nSPS) is 19.0. The topological polar surface area (TPSA) is 80.5 Å². The van der Waals surface area contributed by atoms with Crippen LogP contribution in [0.1, 0.15) is 45.5 Å². The summed E-state index contributed by atoms with van der Waals surface area (Å²) in [5.41, 5.74) is 9.88. The van der Waals surface area contributed by atoms with Crippen LogP contribution in [0.3, 0.4) is 0 Å². The maximum absolute atomic E-state index is 12.9. The Balaban J connectivity index is 1.58. The van der Waals surface area contributed by atoms with Gasteiger partial charge in [0.05, 0.1) is 5.92 Å². The van der Waals surface area contributed by atoms with E-state index in [0.717, 1.165) is 41.5 Å². The van der Waals surface area contributed by atoms with Gasteiger partial charge in [0, 0.05) is 30.6 Å². The van der Waals surface area contributed by atoms with Crippen molar-refractivity contribution in [1.82, 2.24) is 4.90 Å². The van der Waals surface area contributed by atoms with Crippen LogP contribution in [0.2, 0.25) is 0 Å². The van der Waals surface area contributed by atoms with Gasteiger partial charge in [0.25, 0.3) is 5.91 Å². The first-order valence-electron chi connectivity index (χ1n) is 9.38. The van der Waals surface area contributed by atoms with Gasteiger partial charge in [-0.2, -0.15) is 0 Å². The molecule has 1 atom stereocenters. The zero-order valence-electron chi connectivity index (χ0n) is 15.1. The molecule has 0 bridgehead atoms. The van der Waals surface area contributed by atoms with E-state index in [2.05, 4.69) is 0 Å². The SMILES string of the molecule is NC(=O)[C@@H]1CCCN(C(=O)c2cccc(-c3ccc4c(c3)CCC4=O)c2)C1. The lowest BCUT2D eigenvalue weighted by molar-refractivity contribution is -0.123. The molecule has 1 aliphatic carbocycles. The predicted octanol–water partition coefficient (Wildman–Crippen LogP) is 2.82. The Morgan fingerprint density at radius 1 is 1.04 bits per heavy atom. The summed E-state index contributed by atoms with van der Waals surface area (Å²) in [5.74, 6) is -0.470. The molecule has 0 aromatic heterocycles. The Hall–Kier alpha value is -2.95. The van der Waals surface area contributed by atoms with Crippen molar-refractivity contribution < 1.29 is 14.4 Å². The van der Waals surface area contributed by atoms with Gasteiger partial charge < -0.3 is 10.6 Å². The van der Waals surface area contributed by atoms with Crippen LogP contribution in [-0.4, -0.2) is 35.6 Å².